The Balaban J connectivity index is 1.18. The summed E-state index contributed by atoms with van der Waals surface area (Å²) >= 11 is 0. The van der Waals surface area contributed by atoms with Gasteiger partial charge in [0.2, 0.25) is 5.92 Å². The van der Waals surface area contributed by atoms with Crippen LogP contribution < -0.4 is 0 Å². The molecule has 2 aromatic carbocycles. The average molecular weight is 590 g/mol. The Morgan fingerprint density at radius 1 is 0.854 bits per heavy atom. The zero-order valence-electron chi connectivity index (χ0n) is 24.5. The van der Waals surface area contributed by atoms with Crippen LogP contribution in [0, 0.1) is 5.82 Å². The van der Waals surface area contributed by atoms with Crippen LogP contribution in [-0.4, -0.2) is 50.4 Å². The Hall–Kier alpha value is -2.12. The molecule has 2 aliphatic rings. The number of benzene rings is 2. The fourth-order valence-electron chi connectivity index (χ4n) is 6.43. The lowest BCUT2D eigenvalue weighted by atomic mass is 9.89. The van der Waals surface area contributed by atoms with Gasteiger partial charge in [0.15, 0.2) is 9.84 Å². The van der Waals surface area contributed by atoms with Gasteiger partial charge in [0.25, 0.3) is 0 Å². The maximum Gasteiger partial charge on any atom is 0.248 e. The van der Waals surface area contributed by atoms with Crippen molar-refractivity contribution in [3.05, 3.63) is 71.0 Å². The molecular formula is C34H46F3NO2S. The first-order valence-electron chi connectivity index (χ1n) is 15.5. The minimum Gasteiger partial charge on any atom is -0.306 e. The third kappa shape index (κ3) is 9.44. The average Bonchev–Trinajstić information content (AvgIpc) is 3.13. The highest BCUT2D eigenvalue weighted by Crippen LogP contribution is 2.39. The predicted molar refractivity (Wildman–Crippen MR) is 163 cm³/mol. The Bertz CT molecular complexity index is 1250. The summed E-state index contributed by atoms with van der Waals surface area (Å²) in [6, 6.07) is 15.7. The maximum atomic E-state index is 13.6. The van der Waals surface area contributed by atoms with Crippen LogP contribution in [0.2, 0.25) is 0 Å². The van der Waals surface area contributed by atoms with E-state index in [4.69, 9.17) is 0 Å². The molecule has 0 radical (unpaired) electrons. The van der Waals surface area contributed by atoms with Crippen molar-refractivity contribution in [3.8, 4) is 0 Å². The summed E-state index contributed by atoms with van der Waals surface area (Å²) in [5, 5.41) is -0.589. The fraction of sp³-hybridized carbons (Fsp3) is 0.588. The smallest absolute Gasteiger partial charge is 0.248 e. The van der Waals surface area contributed by atoms with Crippen LogP contribution in [0.5, 0.6) is 0 Å². The van der Waals surface area contributed by atoms with Gasteiger partial charge in [-0.25, -0.2) is 21.6 Å². The van der Waals surface area contributed by atoms with E-state index in [2.05, 4.69) is 36.2 Å². The van der Waals surface area contributed by atoms with Gasteiger partial charge in [-0.1, -0.05) is 49.2 Å². The number of alkyl halides is 2. The zero-order chi connectivity index (χ0) is 29.3. The molecule has 2 aliphatic carbocycles. The summed E-state index contributed by atoms with van der Waals surface area (Å²) in [6.07, 6.45) is 9.68. The molecule has 4 rings (SSSR count). The number of sulfone groups is 1. The number of hydrogen-bond acceptors (Lipinski definition) is 3. The van der Waals surface area contributed by atoms with E-state index in [9.17, 15) is 21.6 Å². The summed E-state index contributed by atoms with van der Waals surface area (Å²) in [7, 11) is -1.20. The molecule has 0 unspecified atom stereocenters. The van der Waals surface area contributed by atoms with Crippen molar-refractivity contribution in [1.82, 2.24) is 4.90 Å². The molecule has 0 N–H and O–H groups in total. The van der Waals surface area contributed by atoms with Gasteiger partial charge in [-0.2, -0.15) is 0 Å². The van der Waals surface area contributed by atoms with E-state index in [1.54, 1.807) is 12.1 Å². The monoisotopic (exact) mass is 589 g/mol. The molecule has 7 heteroatoms. The second-order valence-electron chi connectivity index (χ2n) is 12.1. The van der Waals surface area contributed by atoms with Gasteiger partial charge >= 0.3 is 0 Å². The largest absolute Gasteiger partial charge is 0.306 e. The number of nitrogens with zero attached hydrogens (tertiary/aromatic N) is 1. The standard InChI is InChI=1S/C34H46F3NO2S/c1-38(25-8-9-26-41(39,40)30-20-22-34(36,37)23-21-30)24-7-3-2-4-14-33-31-13-6-5-11-27(31)12-10-15-32(33)28-16-18-29(35)19-17-28/h5-6,11,13,16-19,30H,2-4,7-10,12,14-15,20-26H2,1H3. The van der Waals surface area contributed by atoms with Crippen molar-refractivity contribution in [2.45, 2.75) is 101 Å². The quantitative estimate of drug-likeness (QED) is 0.207. The van der Waals surface area contributed by atoms with Crippen LogP contribution in [0.15, 0.2) is 48.5 Å². The predicted octanol–water partition coefficient (Wildman–Crippen LogP) is 8.73. The van der Waals surface area contributed by atoms with Gasteiger partial charge in [0.1, 0.15) is 5.82 Å². The number of halogens is 3. The molecule has 226 valence electrons. The minimum absolute atomic E-state index is 0.0899. The third-order valence-electron chi connectivity index (χ3n) is 8.88. The number of aryl methyl sites for hydroxylation is 1. The van der Waals surface area contributed by atoms with E-state index in [0.29, 0.717) is 6.42 Å². The Morgan fingerprint density at radius 3 is 2.24 bits per heavy atom. The van der Waals surface area contributed by atoms with Crippen molar-refractivity contribution >= 4 is 21.0 Å². The lowest BCUT2D eigenvalue weighted by Crippen LogP contribution is -2.34. The van der Waals surface area contributed by atoms with E-state index >= 15 is 0 Å². The van der Waals surface area contributed by atoms with Gasteiger partial charge in [-0.15, -0.1) is 0 Å². The summed E-state index contributed by atoms with van der Waals surface area (Å²) in [4.78, 5) is 2.27. The number of fused-ring (bicyclic) bond motifs is 1. The molecule has 0 amide bonds. The lowest BCUT2D eigenvalue weighted by Gasteiger charge is -2.28. The molecule has 3 nitrogen and oxygen atoms in total. The molecule has 0 atom stereocenters. The van der Waals surface area contributed by atoms with Crippen molar-refractivity contribution in [1.29, 1.82) is 0 Å². The van der Waals surface area contributed by atoms with Gasteiger partial charge < -0.3 is 4.90 Å². The first-order valence-corrected chi connectivity index (χ1v) is 17.2. The van der Waals surface area contributed by atoms with Crippen LogP contribution >= 0.6 is 0 Å². The normalized spacial score (nSPS) is 18.0. The highest BCUT2D eigenvalue weighted by molar-refractivity contribution is 7.92. The van der Waals surface area contributed by atoms with Crippen LogP contribution in [-0.2, 0) is 16.3 Å². The Morgan fingerprint density at radius 2 is 1.51 bits per heavy atom. The first-order chi connectivity index (χ1) is 19.6. The summed E-state index contributed by atoms with van der Waals surface area (Å²) < 4.78 is 65.4. The topological polar surface area (TPSA) is 37.4 Å². The van der Waals surface area contributed by atoms with E-state index in [0.717, 1.165) is 76.4 Å². The van der Waals surface area contributed by atoms with Gasteiger partial charge in [-0.05, 0) is 124 Å². The second-order valence-corrected chi connectivity index (χ2v) is 14.5. The van der Waals surface area contributed by atoms with Crippen LogP contribution in [0.4, 0.5) is 13.2 Å². The molecule has 1 fully saturated rings. The van der Waals surface area contributed by atoms with Gasteiger partial charge in [0.05, 0.1) is 11.0 Å². The maximum absolute atomic E-state index is 13.6. The van der Waals surface area contributed by atoms with E-state index in [-0.39, 0.29) is 37.3 Å². The number of unbranched alkanes of at least 4 members (excludes halogenated alkanes) is 4. The van der Waals surface area contributed by atoms with E-state index in [1.165, 1.54) is 22.3 Å². The summed E-state index contributed by atoms with van der Waals surface area (Å²) in [6.45, 7) is 1.83. The SMILES string of the molecule is CN(CCCCCCC1=C(c2ccc(F)cc2)CCCc2ccccc21)CCCCS(=O)(=O)C1CCC(F)(F)CC1. The van der Waals surface area contributed by atoms with Crippen molar-refractivity contribution in [2.75, 3.05) is 25.9 Å². The lowest BCUT2D eigenvalue weighted by molar-refractivity contribution is -0.0328. The number of allylic oxidation sites excluding steroid dienone is 2. The Labute approximate surface area is 245 Å². The first kappa shape index (κ1) is 31.8. The summed E-state index contributed by atoms with van der Waals surface area (Å²) in [5.74, 6) is -2.79. The van der Waals surface area contributed by atoms with Crippen molar-refractivity contribution < 1.29 is 21.6 Å². The van der Waals surface area contributed by atoms with Crippen LogP contribution in [0.3, 0.4) is 0 Å². The molecule has 0 heterocycles. The molecule has 0 aliphatic heterocycles. The highest BCUT2D eigenvalue weighted by atomic mass is 32.2. The molecule has 0 bridgehead atoms. The highest BCUT2D eigenvalue weighted by Gasteiger charge is 2.39. The molecule has 1 saturated carbocycles. The fourth-order valence-corrected chi connectivity index (χ4v) is 8.32. The van der Waals surface area contributed by atoms with E-state index in [1.807, 2.05) is 12.1 Å². The second kappa shape index (κ2) is 14.9. The number of hydrogen-bond donors (Lipinski definition) is 0. The van der Waals surface area contributed by atoms with Crippen molar-refractivity contribution in [3.63, 3.8) is 0 Å². The van der Waals surface area contributed by atoms with Crippen molar-refractivity contribution in [2.24, 2.45) is 0 Å². The molecular weight excluding hydrogens is 543 g/mol. The third-order valence-corrected chi connectivity index (χ3v) is 11.2. The van der Waals surface area contributed by atoms with Gasteiger partial charge in [-0.3, -0.25) is 0 Å². The Kier molecular flexibility index (Phi) is 11.5. The minimum atomic E-state index is -3.28. The molecule has 2 aromatic rings. The van der Waals surface area contributed by atoms with Crippen LogP contribution in [0.25, 0.3) is 11.1 Å². The summed E-state index contributed by atoms with van der Waals surface area (Å²) in [5.41, 5.74) is 6.67. The van der Waals surface area contributed by atoms with Crippen LogP contribution in [0.1, 0.15) is 100 Å². The zero-order valence-corrected chi connectivity index (χ0v) is 25.3. The van der Waals surface area contributed by atoms with Gasteiger partial charge in [0, 0.05) is 12.8 Å². The molecule has 0 saturated heterocycles. The molecule has 0 aromatic heterocycles. The molecule has 0 spiro atoms. The number of rotatable bonds is 14. The van der Waals surface area contributed by atoms with E-state index < -0.39 is 21.0 Å². The molecule has 41 heavy (non-hydrogen) atoms.